The Morgan fingerprint density at radius 2 is 2.41 bits per heavy atom. The van der Waals surface area contributed by atoms with Gasteiger partial charge >= 0.3 is 5.97 Å². The SMILES string of the molecule is O=C(O)c1nc(NC2CCCOC2)ccc1Cl. The van der Waals surface area contributed by atoms with Gasteiger partial charge in [-0.05, 0) is 25.0 Å². The van der Waals surface area contributed by atoms with Gasteiger partial charge in [-0.3, -0.25) is 0 Å². The van der Waals surface area contributed by atoms with Crippen LogP contribution in [-0.2, 0) is 4.74 Å². The van der Waals surface area contributed by atoms with Gasteiger partial charge in [0.25, 0.3) is 0 Å². The number of nitrogens with one attached hydrogen (secondary N) is 1. The molecule has 1 aliphatic heterocycles. The van der Waals surface area contributed by atoms with Crippen molar-refractivity contribution in [1.82, 2.24) is 4.98 Å². The van der Waals surface area contributed by atoms with E-state index in [0.29, 0.717) is 12.4 Å². The molecule has 0 bridgehead atoms. The summed E-state index contributed by atoms with van der Waals surface area (Å²) in [5, 5.41) is 12.2. The largest absolute Gasteiger partial charge is 0.476 e. The number of carbonyl (C=O) groups is 1. The fraction of sp³-hybridized carbons (Fsp3) is 0.455. The van der Waals surface area contributed by atoms with Crippen molar-refractivity contribution in [3.63, 3.8) is 0 Å². The fourth-order valence-electron chi connectivity index (χ4n) is 1.74. The molecule has 6 heteroatoms. The molecule has 92 valence electrons. The number of nitrogens with zero attached hydrogens (tertiary/aromatic N) is 1. The van der Waals surface area contributed by atoms with Crippen LogP contribution in [0.4, 0.5) is 5.82 Å². The molecule has 5 nitrogen and oxygen atoms in total. The van der Waals surface area contributed by atoms with Gasteiger partial charge in [-0.1, -0.05) is 11.6 Å². The normalized spacial score (nSPS) is 19.9. The molecule has 0 spiro atoms. The first kappa shape index (κ1) is 12.1. The highest BCUT2D eigenvalue weighted by molar-refractivity contribution is 6.33. The molecule has 1 unspecified atom stereocenters. The highest BCUT2D eigenvalue weighted by atomic mass is 35.5. The van der Waals surface area contributed by atoms with E-state index in [1.54, 1.807) is 6.07 Å². The Bertz CT molecular complexity index is 419. The van der Waals surface area contributed by atoms with E-state index in [4.69, 9.17) is 21.4 Å². The number of halogens is 1. The maximum Gasteiger partial charge on any atom is 0.356 e. The monoisotopic (exact) mass is 256 g/mol. The zero-order chi connectivity index (χ0) is 12.3. The van der Waals surface area contributed by atoms with Crippen molar-refractivity contribution in [2.75, 3.05) is 18.5 Å². The van der Waals surface area contributed by atoms with Crippen LogP contribution in [0.25, 0.3) is 0 Å². The molecule has 2 heterocycles. The van der Waals surface area contributed by atoms with Crippen molar-refractivity contribution in [3.8, 4) is 0 Å². The van der Waals surface area contributed by atoms with Crippen LogP contribution in [0.1, 0.15) is 23.3 Å². The van der Waals surface area contributed by atoms with Crippen molar-refractivity contribution in [1.29, 1.82) is 0 Å². The Labute approximate surface area is 104 Å². The van der Waals surface area contributed by atoms with Crippen molar-refractivity contribution < 1.29 is 14.6 Å². The Hall–Kier alpha value is -1.33. The van der Waals surface area contributed by atoms with Crippen LogP contribution < -0.4 is 5.32 Å². The van der Waals surface area contributed by atoms with Crippen molar-refractivity contribution in [3.05, 3.63) is 22.8 Å². The third-order valence-corrected chi connectivity index (χ3v) is 2.87. The van der Waals surface area contributed by atoms with E-state index in [1.165, 1.54) is 6.07 Å². The molecule has 0 aliphatic carbocycles. The third kappa shape index (κ3) is 3.08. The Morgan fingerprint density at radius 3 is 3.06 bits per heavy atom. The minimum atomic E-state index is -1.13. The van der Waals surface area contributed by atoms with E-state index in [2.05, 4.69) is 10.3 Å². The summed E-state index contributed by atoms with van der Waals surface area (Å²) in [5.74, 6) is -0.610. The van der Waals surface area contributed by atoms with Gasteiger partial charge in [-0.25, -0.2) is 9.78 Å². The van der Waals surface area contributed by atoms with Crippen molar-refractivity contribution in [2.45, 2.75) is 18.9 Å². The van der Waals surface area contributed by atoms with Gasteiger partial charge in [-0.2, -0.15) is 0 Å². The quantitative estimate of drug-likeness (QED) is 0.866. The third-order valence-electron chi connectivity index (χ3n) is 2.56. The number of ether oxygens (including phenoxy) is 1. The summed E-state index contributed by atoms with van der Waals surface area (Å²) in [6.07, 6.45) is 1.99. The molecular weight excluding hydrogens is 244 g/mol. The number of hydrogen-bond acceptors (Lipinski definition) is 4. The number of rotatable bonds is 3. The smallest absolute Gasteiger partial charge is 0.356 e. The summed E-state index contributed by atoms with van der Waals surface area (Å²) < 4.78 is 5.32. The van der Waals surface area contributed by atoms with Crippen LogP contribution in [0.2, 0.25) is 5.02 Å². The molecule has 17 heavy (non-hydrogen) atoms. The zero-order valence-electron chi connectivity index (χ0n) is 9.15. The second-order valence-electron chi connectivity index (χ2n) is 3.89. The number of hydrogen-bond donors (Lipinski definition) is 2. The molecule has 1 fully saturated rings. The summed E-state index contributed by atoms with van der Waals surface area (Å²) in [6, 6.07) is 3.38. The zero-order valence-corrected chi connectivity index (χ0v) is 9.91. The topological polar surface area (TPSA) is 71.5 Å². The standard InChI is InChI=1S/C11H13ClN2O3/c12-8-3-4-9(14-10(8)11(15)16)13-7-2-1-5-17-6-7/h3-4,7H,1-2,5-6H2,(H,13,14)(H,15,16). The summed E-state index contributed by atoms with van der Waals surface area (Å²) >= 11 is 5.74. The average Bonchev–Trinajstić information content (AvgIpc) is 2.32. The molecule has 0 radical (unpaired) electrons. The highest BCUT2D eigenvalue weighted by Gasteiger charge is 2.16. The van der Waals surface area contributed by atoms with Gasteiger partial charge in [0.2, 0.25) is 0 Å². The maximum atomic E-state index is 10.9. The summed E-state index contributed by atoms with van der Waals surface area (Å²) in [4.78, 5) is 14.8. The second-order valence-corrected chi connectivity index (χ2v) is 4.30. The van der Waals surface area contributed by atoms with Crippen LogP contribution in [0.15, 0.2) is 12.1 Å². The number of anilines is 1. The predicted molar refractivity (Wildman–Crippen MR) is 63.7 cm³/mol. The molecule has 1 aromatic rings. The molecule has 1 aromatic heterocycles. The molecule has 1 atom stereocenters. The molecule has 1 aliphatic rings. The van der Waals surface area contributed by atoms with E-state index < -0.39 is 5.97 Å². The Morgan fingerprint density at radius 1 is 1.59 bits per heavy atom. The van der Waals surface area contributed by atoms with Gasteiger partial charge in [0.15, 0.2) is 5.69 Å². The molecule has 0 saturated carbocycles. The molecule has 2 rings (SSSR count). The van der Waals surface area contributed by atoms with Crippen LogP contribution in [0.5, 0.6) is 0 Å². The lowest BCUT2D eigenvalue weighted by molar-refractivity contribution is 0.0691. The number of aromatic nitrogens is 1. The van der Waals surface area contributed by atoms with Crippen LogP contribution in [0, 0.1) is 0 Å². The predicted octanol–water partition coefficient (Wildman–Crippen LogP) is 2.02. The lowest BCUT2D eigenvalue weighted by Crippen LogP contribution is -2.30. The highest BCUT2D eigenvalue weighted by Crippen LogP contribution is 2.18. The van der Waals surface area contributed by atoms with Gasteiger partial charge in [-0.15, -0.1) is 0 Å². The lowest BCUT2D eigenvalue weighted by Gasteiger charge is -2.23. The number of carboxylic acids is 1. The molecule has 0 amide bonds. The maximum absolute atomic E-state index is 10.9. The Kier molecular flexibility index (Phi) is 3.81. The summed E-state index contributed by atoms with van der Waals surface area (Å²) in [5.41, 5.74) is -0.131. The average molecular weight is 257 g/mol. The number of pyridine rings is 1. The van der Waals surface area contributed by atoms with E-state index in [0.717, 1.165) is 19.4 Å². The number of carboxylic acid groups (broad SMARTS) is 1. The van der Waals surface area contributed by atoms with E-state index in [1.807, 2.05) is 0 Å². The van der Waals surface area contributed by atoms with Crippen molar-refractivity contribution in [2.24, 2.45) is 0 Å². The molecule has 2 N–H and O–H groups in total. The minimum absolute atomic E-state index is 0.131. The van der Waals surface area contributed by atoms with Crippen LogP contribution in [0.3, 0.4) is 0 Å². The van der Waals surface area contributed by atoms with Gasteiger partial charge < -0.3 is 15.2 Å². The number of aromatic carboxylic acids is 1. The van der Waals surface area contributed by atoms with E-state index >= 15 is 0 Å². The van der Waals surface area contributed by atoms with Gasteiger partial charge in [0.1, 0.15) is 5.82 Å². The van der Waals surface area contributed by atoms with Crippen LogP contribution >= 0.6 is 11.6 Å². The first-order valence-electron chi connectivity index (χ1n) is 5.41. The van der Waals surface area contributed by atoms with Crippen LogP contribution in [-0.4, -0.2) is 35.3 Å². The van der Waals surface area contributed by atoms with Crippen molar-refractivity contribution >= 4 is 23.4 Å². The first-order chi connectivity index (χ1) is 8.16. The molecule has 0 aromatic carbocycles. The fourth-order valence-corrected chi connectivity index (χ4v) is 1.92. The Balaban J connectivity index is 2.10. The van der Waals surface area contributed by atoms with E-state index in [-0.39, 0.29) is 16.8 Å². The lowest BCUT2D eigenvalue weighted by atomic mass is 10.1. The first-order valence-corrected chi connectivity index (χ1v) is 5.79. The summed E-state index contributed by atoms with van der Waals surface area (Å²) in [6.45, 7) is 1.40. The van der Waals surface area contributed by atoms with E-state index in [9.17, 15) is 4.79 Å². The molecular formula is C11H13ClN2O3. The minimum Gasteiger partial charge on any atom is -0.476 e. The van der Waals surface area contributed by atoms with Gasteiger partial charge in [0.05, 0.1) is 17.7 Å². The summed E-state index contributed by atoms with van der Waals surface area (Å²) in [7, 11) is 0. The van der Waals surface area contributed by atoms with Gasteiger partial charge in [0, 0.05) is 6.61 Å². The second kappa shape index (κ2) is 5.33. The molecule has 1 saturated heterocycles.